The lowest BCUT2D eigenvalue weighted by Gasteiger charge is -2.37. The number of amides is 1. The lowest BCUT2D eigenvalue weighted by atomic mass is 9.98. The normalized spacial score (nSPS) is 22.6. The second-order valence-corrected chi connectivity index (χ2v) is 7.88. The van der Waals surface area contributed by atoms with Crippen LogP contribution >= 0.6 is 11.3 Å². The zero-order chi connectivity index (χ0) is 17.2. The van der Waals surface area contributed by atoms with Gasteiger partial charge < -0.3 is 9.64 Å². The predicted molar refractivity (Wildman–Crippen MR) is 98.4 cm³/mol. The van der Waals surface area contributed by atoms with E-state index in [2.05, 4.69) is 14.8 Å². The standard InChI is InChI=1S/C18H26N4O2S/c1-14-12-22-16(13-25-18(22)19-14)17(23)21-6-3-2-4-15(21)5-7-20-8-10-24-11-9-20/h12-13,15H,2-11H2,1H3/t15-/m1/s1. The molecule has 1 amide bonds. The minimum atomic E-state index is 0.162. The molecule has 1 atom stereocenters. The van der Waals surface area contributed by atoms with Crippen LogP contribution in [-0.4, -0.2) is 70.5 Å². The van der Waals surface area contributed by atoms with Crippen LogP contribution in [0.4, 0.5) is 0 Å². The minimum Gasteiger partial charge on any atom is -0.379 e. The number of imidazole rings is 1. The molecule has 6 nitrogen and oxygen atoms in total. The van der Waals surface area contributed by atoms with Gasteiger partial charge in [0.15, 0.2) is 4.96 Å². The van der Waals surface area contributed by atoms with Crippen molar-refractivity contribution in [2.24, 2.45) is 0 Å². The van der Waals surface area contributed by atoms with Crippen molar-refractivity contribution in [2.45, 2.75) is 38.6 Å². The van der Waals surface area contributed by atoms with E-state index in [1.54, 1.807) is 11.3 Å². The van der Waals surface area contributed by atoms with Crippen molar-refractivity contribution in [3.63, 3.8) is 0 Å². The highest BCUT2D eigenvalue weighted by Gasteiger charge is 2.29. The van der Waals surface area contributed by atoms with Crippen molar-refractivity contribution in [2.75, 3.05) is 39.4 Å². The van der Waals surface area contributed by atoms with E-state index in [4.69, 9.17) is 4.74 Å². The van der Waals surface area contributed by atoms with Gasteiger partial charge in [0.25, 0.3) is 5.91 Å². The number of hydrogen-bond acceptors (Lipinski definition) is 5. The van der Waals surface area contributed by atoms with Gasteiger partial charge in [-0.25, -0.2) is 4.98 Å². The zero-order valence-corrected chi connectivity index (χ0v) is 15.6. The minimum absolute atomic E-state index is 0.162. The van der Waals surface area contributed by atoms with E-state index in [0.29, 0.717) is 6.04 Å². The number of aryl methyl sites for hydroxylation is 1. The van der Waals surface area contributed by atoms with Gasteiger partial charge >= 0.3 is 0 Å². The number of nitrogens with zero attached hydrogens (tertiary/aromatic N) is 4. The van der Waals surface area contributed by atoms with Gasteiger partial charge in [-0.05, 0) is 32.6 Å². The van der Waals surface area contributed by atoms with Gasteiger partial charge in [-0.15, -0.1) is 11.3 Å². The fourth-order valence-corrected chi connectivity index (χ4v) is 4.81. The average Bonchev–Trinajstić information content (AvgIpc) is 3.19. The van der Waals surface area contributed by atoms with E-state index >= 15 is 0 Å². The Balaban J connectivity index is 1.46. The molecule has 0 N–H and O–H groups in total. The summed E-state index contributed by atoms with van der Waals surface area (Å²) >= 11 is 1.55. The third kappa shape index (κ3) is 3.59. The van der Waals surface area contributed by atoms with Gasteiger partial charge in [0.2, 0.25) is 0 Å². The van der Waals surface area contributed by atoms with Gasteiger partial charge in [0, 0.05) is 43.8 Å². The number of carbonyl (C=O) groups excluding carboxylic acids is 1. The number of thiazole rings is 1. The second kappa shape index (κ2) is 7.43. The van der Waals surface area contributed by atoms with E-state index in [0.717, 1.165) is 75.0 Å². The highest BCUT2D eigenvalue weighted by molar-refractivity contribution is 7.15. The Morgan fingerprint density at radius 3 is 3.00 bits per heavy atom. The molecule has 25 heavy (non-hydrogen) atoms. The summed E-state index contributed by atoms with van der Waals surface area (Å²) in [6, 6.07) is 0.351. The Morgan fingerprint density at radius 1 is 1.32 bits per heavy atom. The first-order chi connectivity index (χ1) is 12.2. The van der Waals surface area contributed by atoms with Crippen LogP contribution in [0.1, 0.15) is 41.9 Å². The summed E-state index contributed by atoms with van der Waals surface area (Å²) in [5, 5.41) is 1.96. The maximum absolute atomic E-state index is 13.2. The molecule has 0 saturated carbocycles. The number of hydrogen-bond donors (Lipinski definition) is 0. The Hall–Kier alpha value is -1.44. The molecular weight excluding hydrogens is 336 g/mol. The van der Waals surface area contributed by atoms with Crippen molar-refractivity contribution in [1.29, 1.82) is 0 Å². The number of morpholine rings is 1. The summed E-state index contributed by atoms with van der Waals surface area (Å²) in [4.78, 5) is 23.1. The molecule has 2 aromatic rings. The van der Waals surface area contributed by atoms with Crippen LogP contribution in [0.25, 0.3) is 4.96 Å². The van der Waals surface area contributed by atoms with E-state index in [9.17, 15) is 4.79 Å². The topological polar surface area (TPSA) is 50.1 Å². The fraction of sp³-hybridized carbons (Fsp3) is 0.667. The van der Waals surface area contributed by atoms with Crippen LogP contribution < -0.4 is 0 Å². The number of piperidine rings is 1. The van der Waals surface area contributed by atoms with Gasteiger partial charge in [-0.1, -0.05) is 0 Å². The summed E-state index contributed by atoms with van der Waals surface area (Å²) in [7, 11) is 0. The summed E-state index contributed by atoms with van der Waals surface area (Å²) in [5.41, 5.74) is 1.72. The van der Waals surface area contributed by atoms with Crippen molar-refractivity contribution in [1.82, 2.24) is 19.2 Å². The number of likely N-dealkylation sites (tertiary alicyclic amines) is 1. The molecule has 7 heteroatoms. The van der Waals surface area contributed by atoms with Crippen LogP contribution in [0.2, 0.25) is 0 Å². The zero-order valence-electron chi connectivity index (χ0n) is 14.8. The monoisotopic (exact) mass is 362 g/mol. The van der Waals surface area contributed by atoms with Gasteiger partial charge in [-0.2, -0.15) is 0 Å². The van der Waals surface area contributed by atoms with Crippen LogP contribution in [0, 0.1) is 6.92 Å². The first-order valence-corrected chi connectivity index (χ1v) is 10.1. The number of ether oxygens (including phenoxy) is 1. The molecule has 4 rings (SSSR count). The molecule has 2 saturated heterocycles. The van der Waals surface area contributed by atoms with E-state index in [-0.39, 0.29) is 5.91 Å². The smallest absolute Gasteiger partial charge is 0.271 e. The molecule has 2 aliphatic heterocycles. The molecule has 2 aliphatic rings. The lowest BCUT2D eigenvalue weighted by molar-refractivity contribution is 0.0294. The highest BCUT2D eigenvalue weighted by Crippen LogP contribution is 2.25. The molecule has 0 aromatic carbocycles. The van der Waals surface area contributed by atoms with Gasteiger partial charge in [-0.3, -0.25) is 14.1 Å². The first-order valence-electron chi connectivity index (χ1n) is 9.26. The number of carbonyl (C=O) groups is 1. The highest BCUT2D eigenvalue weighted by atomic mass is 32.1. The second-order valence-electron chi connectivity index (χ2n) is 7.05. The number of fused-ring (bicyclic) bond motifs is 1. The Bertz CT molecular complexity index is 735. The molecule has 4 heterocycles. The summed E-state index contributed by atoms with van der Waals surface area (Å²) in [6.07, 6.45) is 6.47. The predicted octanol–water partition coefficient (Wildman–Crippen LogP) is 2.42. The first kappa shape index (κ1) is 17.0. The average molecular weight is 362 g/mol. The maximum atomic E-state index is 13.2. The summed E-state index contributed by atoms with van der Waals surface area (Å²) in [5.74, 6) is 0.162. The van der Waals surface area contributed by atoms with Crippen LogP contribution in [0.3, 0.4) is 0 Å². The van der Waals surface area contributed by atoms with Gasteiger partial charge in [0.05, 0.1) is 18.9 Å². The Labute approximate surface area is 152 Å². The van der Waals surface area contributed by atoms with Gasteiger partial charge in [0.1, 0.15) is 5.69 Å². The van der Waals surface area contributed by atoms with Crippen molar-refractivity contribution >= 4 is 22.2 Å². The molecule has 0 radical (unpaired) electrons. The molecule has 2 aromatic heterocycles. The quantitative estimate of drug-likeness (QED) is 0.838. The van der Waals surface area contributed by atoms with Crippen LogP contribution in [0.5, 0.6) is 0 Å². The fourth-order valence-electron chi connectivity index (χ4n) is 3.92. The molecule has 0 spiro atoms. The molecule has 136 valence electrons. The SMILES string of the molecule is Cc1cn2c(C(=O)N3CCCC[C@@H]3CCN3CCOCC3)csc2n1. The molecule has 0 bridgehead atoms. The third-order valence-corrected chi connectivity index (χ3v) is 6.16. The number of rotatable bonds is 4. The molecular formula is C18H26N4O2S. The van der Waals surface area contributed by atoms with Crippen molar-refractivity contribution in [3.05, 3.63) is 23.0 Å². The van der Waals surface area contributed by atoms with E-state index in [1.807, 2.05) is 22.9 Å². The van der Waals surface area contributed by atoms with E-state index in [1.165, 1.54) is 6.42 Å². The summed E-state index contributed by atoms with van der Waals surface area (Å²) < 4.78 is 7.38. The third-order valence-electron chi connectivity index (χ3n) is 5.32. The van der Waals surface area contributed by atoms with Crippen LogP contribution in [-0.2, 0) is 4.74 Å². The molecule has 2 fully saturated rings. The lowest BCUT2D eigenvalue weighted by Crippen LogP contribution is -2.46. The summed E-state index contributed by atoms with van der Waals surface area (Å²) in [6.45, 7) is 7.60. The number of aromatic nitrogens is 2. The van der Waals surface area contributed by atoms with E-state index < -0.39 is 0 Å². The maximum Gasteiger partial charge on any atom is 0.271 e. The van der Waals surface area contributed by atoms with Crippen molar-refractivity contribution < 1.29 is 9.53 Å². The van der Waals surface area contributed by atoms with Crippen molar-refractivity contribution in [3.8, 4) is 0 Å². The Morgan fingerprint density at radius 2 is 2.16 bits per heavy atom. The largest absolute Gasteiger partial charge is 0.379 e. The molecule has 0 unspecified atom stereocenters. The molecule has 0 aliphatic carbocycles. The van der Waals surface area contributed by atoms with Crippen LogP contribution in [0.15, 0.2) is 11.6 Å². The Kier molecular flexibility index (Phi) is 5.05.